The van der Waals surface area contributed by atoms with Gasteiger partial charge in [-0.25, -0.2) is 0 Å². The highest BCUT2D eigenvalue weighted by Crippen LogP contribution is 2.14. The molecule has 0 radical (unpaired) electrons. The zero-order chi connectivity index (χ0) is 15.5. The van der Waals surface area contributed by atoms with E-state index in [1.54, 1.807) is 0 Å². The van der Waals surface area contributed by atoms with Crippen LogP contribution >= 0.6 is 0 Å². The van der Waals surface area contributed by atoms with Crippen LogP contribution in [0.2, 0.25) is 0 Å². The number of ether oxygens (including phenoxy) is 2. The van der Waals surface area contributed by atoms with Crippen LogP contribution in [0, 0.1) is 0 Å². The van der Waals surface area contributed by atoms with Crippen LogP contribution in [-0.4, -0.2) is 44.0 Å². The van der Waals surface area contributed by atoms with Gasteiger partial charge in [0.15, 0.2) is 0 Å². The highest BCUT2D eigenvalue weighted by atomic mass is 16.5. The fraction of sp³-hybridized carbons (Fsp3) is 0.562. The number of carbonyl (C=O) groups excluding carboxylic acids is 1. The minimum absolute atomic E-state index is 0.0431. The lowest BCUT2D eigenvalue weighted by Gasteiger charge is -2.17. The number of benzene rings is 1. The molecule has 0 saturated carbocycles. The molecule has 21 heavy (non-hydrogen) atoms. The summed E-state index contributed by atoms with van der Waals surface area (Å²) in [6.07, 6.45) is 1.96. The lowest BCUT2D eigenvalue weighted by molar-refractivity contribution is -0.141. The van der Waals surface area contributed by atoms with Gasteiger partial charge in [0.25, 0.3) is 0 Å². The summed E-state index contributed by atoms with van der Waals surface area (Å²) < 4.78 is 10.2. The van der Waals surface area contributed by atoms with Crippen molar-refractivity contribution >= 4 is 5.97 Å². The molecule has 1 atom stereocenters. The fourth-order valence-electron chi connectivity index (χ4n) is 2.00. The Hall–Kier alpha value is -1.59. The van der Waals surface area contributed by atoms with E-state index >= 15 is 0 Å². The molecule has 1 unspecified atom stereocenters. The number of hydrogen-bond donors (Lipinski definition) is 2. The van der Waals surface area contributed by atoms with E-state index in [0.717, 1.165) is 17.7 Å². The summed E-state index contributed by atoms with van der Waals surface area (Å²) in [4.78, 5) is 11.4. The van der Waals surface area contributed by atoms with Gasteiger partial charge < -0.3 is 19.9 Å². The van der Waals surface area contributed by atoms with Crippen molar-refractivity contribution in [1.82, 2.24) is 5.32 Å². The minimum Gasteiger partial charge on any atom is -0.494 e. The number of hydrogen-bond acceptors (Lipinski definition) is 5. The molecule has 0 heterocycles. The predicted octanol–water partition coefficient (Wildman–Crippen LogP) is 1.53. The average molecular weight is 295 g/mol. The quantitative estimate of drug-likeness (QED) is 0.641. The van der Waals surface area contributed by atoms with Gasteiger partial charge in [0, 0.05) is 12.6 Å². The monoisotopic (exact) mass is 295 g/mol. The molecule has 0 bridgehead atoms. The van der Waals surface area contributed by atoms with Crippen molar-refractivity contribution in [2.75, 3.05) is 26.9 Å². The Labute approximate surface area is 126 Å². The maximum atomic E-state index is 11.4. The van der Waals surface area contributed by atoms with E-state index < -0.39 is 0 Å². The van der Waals surface area contributed by atoms with E-state index in [0.29, 0.717) is 19.6 Å². The molecular weight excluding hydrogens is 270 g/mol. The molecule has 0 spiro atoms. The van der Waals surface area contributed by atoms with Crippen LogP contribution in [-0.2, 0) is 16.0 Å². The van der Waals surface area contributed by atoms with Crippen molar-refractivity contribution in [2.24, 2.45) is 0 Å². The SMILES string of the molecule is CCCOc1ccc(CC(CC(=O)OC)NCCO)cc1. The van der Waals surface area contributed by atoms with Crippen molar-refractivity contribution in [3.63, 3.8) is 0 Å². The summed E-state index contributed by atoms with van der Waals surface area (Å²) >= 11 is 0. The van der Waals surface area contributed by atoms with Gasteiger partial charge in [-0.05, 0) is 30.5 Å². The number of aliphatic hydroxyl groups is 1. The number of nitrogens with one attached hydrogen (secondary N) is 1. The highest BCUT2D eigenvalue weighted by molar-refractivity contribution is 5.70. The normalized spacial score (nSPS) is 12.0. The largest absolute Gasteiger partial charge is 0.494 e. The Morgan fingerprint density at radius 1 is 1.33 bits per heavy atom. The van der Waals surface area contributed by atoms with Gasteiger partial charge in [0.1, 0.15) is 5.75 Å². The molecule has 118 valence electrons. The van der Waals surface area contributed by atoms with Crippen LogP contribution in [0.3, 0.4) is 0 Å². The molecule has 0 aromatic heterocycles. The summed E-state index contributed by atoms with van der Waals surface area (Å²) in [6.45, 7) is 3.28. The summed E-state index contributed by atoms with van der Waals surface area (Å²) in [5.41, 5.74) is 1.11. The van der Waals surface area contributed by atoms with Crippen molar-refractivity contribution < 1.29 is 19.4 Å². The van der Waals surface area contributed by atoms with Gasteiger partial charge >= 0.3 is 5.97 Å². The number of methoxy groups -OCH3 is 1. The molecule has 0 amide bonds. The molecule has 1 rings (SSSR count). The minimum atomic E-state index is -0.256. The second-order valence-electron chi connectivity index (χ2n) is 4.85. The third-order valence-corrected chi connectivity index (χ3v) is 3.06. The van der Waals surface area contributed by atoms with Crippen molar-refractivity contribution in [1.29, 1.82) is 0 Å². The number of esters is 1. The molecule has 2 N–H and O–H groups in total. The second-order valence-corrected chi connectivity index (χ2v) is 4.85. The number of rotatable bonds is 10. The van der Waals surface area contributed by atoms with Gasteiger partial charge in [-0.2, -0.15) is 0 Å². The Kier molecular flexibility index (Phi) is 8.47. The maximum Gasteiger partial charge on any atom is 0.307 e. The van der Waals surface area contributed by atoms with Gasteiger partial charge in [-0.1, -0.05) is 19.1 Å². The first kappa shape index (κ1) is 17.5. The first-order valence-electron chi connectivity index (χ1n) is 7.32. The molecule has 0 aliphatic heterocycles. The Balaban J connectivity index is 2.57. The van der Waals surface area contributed by atoms with Gasteiger partial charge in [-0.3, -0.25) is 4.79 Å². The molecule has 1 aromatic rings. The predicted molar refractivity (Wildman–Crippen MR) is 81.4 cm³/mol. The fourth-order valence-corrected chi connectivity index (χ4v) is 2.00. The summed E-state index contributed by atoms with van der Waals surface area (Å²) in [5.74, 6) is 0.599. The molecular formula is C16H25NO4. The van der Waals surface area contributed by atoms with Crippen LogP contribution in [0.4, 0.5) is 0 Å². The summed E-state index contributed by atoms with van der Waals surface area (Å²) in [5, 5.41) is 12.0. The molecule has 0 aliphatic rings. The van der Waals surface area contributed by atoms with E-state index in [9.17, 15) is 4.79 Å². The Morgan fingerprint density at radius 2 is 2.05 bits per heavy atom. The average Bonchev–Trinajstić information content (AvgIpc) is 2.51. The molecule has 0 fully saturated rings. The van der Waals surface area contributed by atoms with E-state index in [4.69, 9.17) is 14.6 Å². The maximum absolute atomic E-state index is 11.4. The molecule has 5 heteroatoms. The molecule has 0 aliphatic carbocycles. The third kappa shape index (κ3) is 7.11. The van der Waals surface area contributed by atoms with Crippen molar-refractivity contribution in [3.05, 3.63) is 29.8 Å². The summed E-state index contributed by atoms with van der Waals surface area (Å²) in [6, 6.07) is 7.82. The third-order valence-electron chi connectivity index (χ3n) is 3.06. The zero-order valence-corrected chi connectivity index (χ0v) is 12.8. The Morgan fingerprint density at radius 3 is 2.62 bits per heavy atom. The zero-order valence-electron chi connectivity index (χ0n) is 12.8. The highest BCUT2D eigenvalue weighted by Gasteiger charge is 2.14. The first-order valence-corrected chi connectivity index (χ1v) is 7.32. The lowest BCUT2D eigenvalue weighted by Crippen LogP contribution is -2.35. The van der Waals surface area contributed by atoms with Crippen LogP contribution in [0.15, 0.2) is 24.3 Å². The van der Waals surface area contributed by atoms with Gasteiger partial charge in [-0.15, -0.1) is 0 Å². The van der Waals surface area contributed by atoms with E-state index in [1.165, 1.54) is 7.11 Å². The van der Waals surface area contributed by atoms with Crippen LogP contribution in [0.25, 0.3) is 0 Å². The van der Waals surface area contributed by atoms with Crippen LogP contribution in [0.1, 0.15) is 25.3 Å². The number of carbonyl (C=O) groups is 1. The Bertz CT molecular complexity index is 405. The lowest BCUT2D eigenvalue weighted by atomic mass is 10.0. The topological polar surface area (TPSA) is 67.8 Å². The number of aliphatic hydroxyl groups excluding tert-OH is 1. The van der Waals surface area contributed by atoms with Crippen LogP contribution in [0.5, 0.6) is 5.75 Å². The van der Waals surface area contributed by atoms with Gasteiger partial charge in [0.05, 0.1) is 26.7 Å². The first-order chi connectivity index (χ1) is 10.2. The van der Waals surface area contributed by atoms with E-state index in [1.807, 2.05) is 24.3 Å². The molecule has 1 aromatic carbocycles. The van der Waals surface area contributed by atoms with Crippen molar-refractivity contribution in [2.45, 2.75) is 32.2 Å². The van der Waals surface area contributed by atoms with E-state index in [2.05, 4.69) is 12.2 Å². The standard InChI is InChI=1S/C16H25NO4/c1-3-10-21-15-6-4-13(5-7-15)11-14(17-8-9-18)12-16(19)20-2/h4-7,14,17-18H,3,8-12H2,1-2H3. The smallest absolute Gasteiger partial charge is 0.307 e. The second kappa shape index (κ2) is 10.2. The molecule has 0 saturated heterocycles. The van der Waals surface area contributed by atoms with Gasteiger partial charge in [0.2, 0.25) is 0 Å². The van der Waals surface area contributed by atoms with Crippen molar-refractivity contribution in [3.8, 4) is 5.75 Å². The van der Waals surface area contributed by atoms with E-state index in [-0.39, 0.29) is 25.0 Å². The summed E-state index contributed by atoms with van der Waals surface area (Å²) in [7, 11) is 1.38. The molecule has 5 nitrogen and oxygen atoms in total. The van der Waals surface area contributed by atoms with Crippen LogP contribution < -0.4 is 10.1 Å².